The van der Waals surface area contributed by atoms with Crippen molar-refractivity contribution in [1.82, 2.24) is 5.32 Å². The molecular weight excluding hydrogens is 246 g/mol. The smallest absolute Gasteiger partial charge is 0.142 e. The Balaban J connectivity index is 2.69. The fourth-order valence-corrected chi connectivity index (χ4v) is 1.75. The second-order valence-corrected chi connectivity index (χ2v) is 4.70. The summed E-state index contributed by atoms with van der Waals surface area (Å²) in [5, 5.41) is 4.02. The first-order valence-corrected chi connectivity index (χ1v) is 6.56. The maximum Gasteiger partial charge on any atom is 0.142 e. The van der Waals surface area contributed by atoms with Crippen LogP contribution in [0.5, 0.6) is 5.75 Å². The van der Waals surface area contributed by atoms with Crippen LogP contribution in [0.3, 0.4) is 0 Å². The molecule has 1 N–H and O–H groups in total. The van der Waals surface area contributed by atoms with Gasteiger partial charge in [-0.3, -0.25) is 0 Å². The SMILES string of the molecule is CC#CCCOc1c(Cl)cccc1CNC(C)C. The van der Waals surface area contributed by atoms with Crippen molar-refractivity contribution in [2.75, 3.05) is 6.61 Å². The number of nitrogens with one attached hydrogen (secondary N) is 1. The van der Waals surface area contributed by atoms with E-state index in [-0.39, 0.29) is 0 Å². The zero-order valence-corrected chi connectivity index (χ0v) is 12.0. The lowest BCUT2D eigenvalue weighted by atomic mass is 10.2. The third-order valence-electron chi connectivity index (χ3n) is 2.40. The van der Waals surface area contributed by atoms with Crippen molar-refractivity contribution in [2.45, 2.75) is 39.8 Å². The predicted molar refractivity (Wildman–Crippen MR) is 77.0 cm³/mol. The van der Waals surface area contributed by atoms with Crippen LogP contribution in [0.1, 0.15) is 32.8 Å². The second-order valence-electron chi connectivity index (χ2n) is 4.29. The summed E-state index contributed by atoms with van der Waals surface area (Å²) < 4.78 is 5.73. The fourth-order valence-electron chi connectivity index (χ4n) is 1.50. The van der Waals surface area contributed by atoms with Crippen LogP contribution in [0.15, 0.2) is 18.2 Å². The summed E-state index contributed by atoms with van der Waals surface area (Å²) in [5.74, 6) is 6.59. The number of benzene rings is 1. The Labute approximate surface area is 115 Å². The van der Waals surface area contributed by atoms with Gasteiger partial charge in [-0.1, -0.05) is 37.6 Å². The van der Waals surface area contributed by atoms with Crippen LogP contribution in [0.2, 0.25) is 5.02 Å². The minimum atomic E-state index is 0.433. The Bertz CT molecular complexity index is 432. The van der Waals surface area contributed by atoms with E-state index in [1.165, 1.54) is 0 Å². The molecule has 0 spiro atoms. The third-order valence-corrected chi connectivity index (χ3v) is 2.70. The van der Waals surface area contributed by atoms with Crippen molar-refractivity contribution in [1.29, 1.82) is 0 Å². The number of para-hydroxylation sites is 1. The van der Waals surface area contributed by atoms with Gasteiger partial charge in [0.2, 0.25) is 0 Å². The van der Waals surface area contributed by atoms with Gasteiger partial charge in [0, 0.05) is 24.6 Å². The van der Waals surface area contributed by atoms with E-state index in [9.17, 15) is 0 Å². The van der Waals surface area contributed by atoms with E-state index in [2.05, 4.69) is 31.0 Å². The highest BCUT2D eigenvalue weighted by Crippen LogP contribution is 2.28. The van der Waals surface area contributed by atoms with E-state index >= 15 is 0 Å². The molecule has 0 radical (unpaired) electrons. The summed E-state index contributed by atoms with van der Waals surface area (Å²) in [6.45, 7) is 7.38. The molecule has 1 aromatic rings. The van der Waals surface area contributed by atoms with E-state index in [4.69, 9.17) is 16.3 Å². The average molecular weight is 266 g/mol. The molecule has 0 fully saturated rings. The minimum Gasteiger partial charge on any atom is -0.491 e. The van der Waals surface area contributed by atoms with Crippen LogP contribution >= 0.6 is 11.6 Å². The van der Waals surface area contributed by atoms with Crippen LogP contribution in [-0.2, 0) is 6.54 Å². The maximum atomic E-state index is 6.17. The molecule has 0 aliphatic heterocycles. The molecule has 2 nitrogen and oxygen atoms in total. The predicted octanol–water partition coefficient (Wildman–Crippen LogP) is 3.63. The second kappa shape index (κ2) is 8.02. The number of hydrogen-bond acceptors (Lipinski definition) is 2. The van der Waals surface area contributed by atoms with Gasteiger partial charge >= 0.3 is 0 Å². The van der Waals surface area contributed by atoms with Gasteiger partial charge in [-0.2, -0.15) is 0 Å². The summed E-state index contributed by atoms with van der Waals surface area (Å²) in [6.07, 6.45) is 0.721. The van der Waals surface area contributed by atoms with Crippen LogP contribution in [0.25, 0.3) is 0 Å². The van der Waals surface area contributed by atoms with Crippen molar-refractivity contribution in [3.8, 4) is 17.6 Å². The molecule has 0 aliphatic carbocycles. The van der Waals surface area contributed by atoms with Crippen molar-refractivity contribution >= 4 is 11.6 Å². The van der Waals surface area contributed by atoms with Gasteiger partial charge in [-0.15, -0.1) is 11.8 Å². The molecule has 0 bridgehead atoms. The summed E-state index contributed by atoms with van der Waals surface area (Å²) in [4.78, 5) is 0. The van der Waals surface area contributed by atoms with Gasteiger partial charge in [-0.25, -0.2) is 0 Å². The normalized spacial score (nSPS) is 10.1. The quantitative estimate of drug-likeness (QED) is 0.626. The highest BCUT2D eigenvalue weighted by atomic mass is 35.5. The van der Waals surface area contributed by atoms with Crippen LogP contribution in [0.4, 0.5) is 0 Å². The molecule has 0 atom stereocenters. The molecule has 0 aromatic heterocycles. The zero-order chi connectivity index (χ0) is 13.4. The highest BCUT2D eigenvalue weighted by molar-refractivity contribution is 6.32. The van der Waals surface area contributed by atoms with Gasteiger partial charge < -0.3 is 10.1 Å². The van der Waals surface area contributed by atoms with Crippen LogP contribution in [-0.4, -0.2) is 12.6 Å². The largest absolute Gasteiger partial charge is 0.491 e. The first-order valence-electron chi connectivity index (χ1n) is 6.18. The Morgan fingerprint density at radius 1 is 1.39 bits per heavy atom. The van der Waals surface area contributed by atoms with Crippen LogP contribution in [0, 0.1) is 11.8 Å². The highest BCUT2D eigenvalue weighted by Gasteiger charge is 2.08. The van der Waals surface area contributed by atoms with Crippen molar-refractivity contribution < 1.29 is 4.74 Å². The standard InChI is InChI=1S/C15H20ClNO/c1-4-5-6-10-18-15-13(11-17-12(2)3)8-7-9-14(15)16/h7-9,12,17H,6,10-11H2,1-3H3. The number of rotatable bonds is 6. The molecule has 98 valence electrons. The minimum absolute atomic E-state index is 0.433. The van der Waals surface area contributed by atoms with Gasteiger partial charge in [0.05, 0.1) is 11.6 Å². The third kappa shape index (κ3) is 5.00. The van der Waals surface area contributed by atoms with Crippen molar-refractivity contribution in [3.05, 3.63) is 28.8 Å². The molecule has 0 saturated heterocycles. The van der Waals surface area contributed by atoms with Crippen molar-refractivity contribution in [2.24, 2.45) is 0 Å². The van der Waals surface area contributed by atoms with Gasteiger partial charge in [-0.05, 0) is 13.0 Å². The first-order chi connectivity index (χ1) is 8.65. The van der Waals surface area contributed by atoms with Gasteiger partial charge in [0.15, 0.2) is 0 Å². The molecule has 3 heteroatoms. The number of ether oxygens (including phenoxy) is 1. The Morgan fingerprint density at radius 3 is 2.83 bits per heavy atom. The molecular formula is C15H20ClNO. The van der Waals surface area contributed by atoms with E-state index < -0.39 is 0 Å². The van der Waals surface area contributed by atoms with E-state index in [1.54, 1.807) is 0 Å². The summed E-state index contributed by atoms with van der Waals surface area (Å²) in [7, 11) is 0. The maximum absolute atomic E-state index is 6.17. The van der Waals surface area contributed by atoms with E-state index in [0.29, 0.717) is 17.7 Å². The molecule has 0 heterocycles. The van der Waals surface area contributed by atoms with Crippen LogP contribution < -0.4 is 10.1 Å². The Morgan fingerprint density at radius 2 is 2.17 bits per heavy atom. The monoisotopic (exact) mass is 265 g/mol. The van der Waals surface area contributed by atoms with Crippen molar-refractivity contribution in [3.63, 3.8) is 0 Å². The lowest BCUT2D eigenvalue weighted by Gasteiger charge is -2.14. The number of halogens is 1. The Kier molecular flexibility index (Phi) is 6.64. The lowest BCUT2D eigenvalue weighted by Crippen LogP contribution is -2.22. The summed E-state index contributed by atoms with van der Waals surface area (Å²) in [6, 6.07) is 6.25. The molecule has 1 aromatic carbocycles. The molecule has 0 aliphatic rings. The first kappa shape index (κ1) is 14.9. The molecule has 0 unspecified atom stereocenters. The summed E-state index contributed by atoms with van der Waals surface area (Å²) >= 11 is 6.17. The van der Waals surface area contributed by atoms with E-state index in [0.717, 1.165) is 24.3 Å². The van der Waals surface area contributed by atoms with Gasteiger partial charge in [0.1, 0.15) is 5.75 Å². The molecule has 0 amide bonds. The van der Waals surface area contributed by atoms with Gasteiger partial charge in [0.25, 0.3) is 0 Å². The van der Waals surface area contributed by atoms with E-state index in [1.807, 2.05) is 25.1 Å². The summed E-state index contributed by atoms with van der Waals surface area (Å²) in [5.41, 5.74) is 1.08. The Hall–Kier alpha value is -1.17. The molecule has 0 saturated carbocycles. The molecule has 1 rings (SSSR count). The topological polar surface area (TPSA) is 21.3 Å². The average Bonchev–Trinajstić information content (AvgIpc) is 2.34. The lowest BCUT2D eigenvalue weighted by molar-refractivity contribution is 0.322. The molecule has 18 heavy (non-hydrogen) atoms. The number of hydrogen-bond donors (Lipinski definition) is 1. The zero-order valence-electron chi connectivity index (χ0n) is 11.2. The fraction of sp³-hybridized carbons (Fsp3) is 0.467.